The molecular weight excluding hydrogens is 306 g/mol. The highest BCUT2D eigenvalue weighted by Crippen LogP contribution is 2.23. The lowest BCUT2D eigenvalue weighted by Gasteiger charge is -2.27. The van der Waals surface area contributed by atoms with E-state index in [1.807, 2.05) is 0 Å². The van der Waals surface area contributed by atoms with E-state index < -0.39 is 9.84 Å². The van der Waals surface area contributed by atoms with E-state index in [2.05, 4.69) is 0 Å². The molecule has 112 valence electrons. The Kier molecular flexibility index (Phi) is 4.72. The van der Waals surface area contributed by atoms with Gasteiger partial charge in [-0.2, -0.15) is 0 Å². The van der Waals surface area contributed by atoms with Gasteiger partial charge in [-0.3, -0.25) is 4.79 Å². The first-order valence-corrected chi connectivity index (χ1v) is 8.38. The molecular formula is C12H16ClNO5S. The van der Waals surface area contributed by atoms with Crippen LogP contribution in [0.5, 0.6) is 0 Å². The van der Waals surface area contributed by atoms with Crippen LogP contribution in [-0.2, 0) is 14.6 Å². The first-order chi connectivity index (χ1) is 9.44. The van der Waals surface area contributed by atoms with E-state index >= 15 is 0 Å². The lowest BCUT2D eigenvalue weighted by atomic mass is 10.2. The summed E-state index contributed by atoms with van der Waals surface area (Å²) in [5, 5.41) is 0.0123. The van der Waals surface area contributed by atoms with Gasteiger partial charge in [0, 0.05) is 19.7 Å². The van der Waals surface area contributed by atoms with E-state index in [1.165, 1.54) is 24.3 Å². The Bertz CT molecular complexity index is 582. The highest BCUT2D eigenvalue weighted by atomic mass is 35.5. The average molecular weight is 322 g/mol. The molecule has 1 atom stereocenters. The molecule has 1 aliphatic heterocycles. The van der Waals surface area contributed by atoms with Gasteiger partial charge in [-0.1, -0.05) is 0 Å². The maximum atomic E-state index is 12.5. The highest BCUT2D eigenvalue weighted by molar-refractivity contribution is 7.91. The molecule has 0 saturated carbocycles. The van der Waals surface area contributed by atoms with E-state index in [9.17, 15) is 13.2 Å². The van der Waals surface area contributed by atoms with Gasteiger partial charge in [-0.05, 0) is 24.1 Å². The van der Waals surface area contributed by atoms with Crippen molar-refractivity contribution in [2.24, 2.45) is 0 Å². The number of carbonyl (C=O) groups is 1. The van der Waals surface area contributed by atoms with Crippen molar-refractivity contribution in [1.29, 1.82) is 0 Å². The molecule has 2 heterocycles. The van der Waals surface area contributed by atoms with Gasteiger partial charge >= 0.3 is 0 Å². The summed E-state index contributed by atoms with van der Waals surface area (Å²) in [7, 11) is -1.54. The first kappa shape index (κ1) is 15.3. The van der Waals surface area contributed by atoms with Crippen molar-refractivity contribution >= 4 is 27.3 Å². The number of furan rings is 1. The summed E-state index contributed by atoms with van der Waals surface area (Å²) in [5.41, 5.74) is 0.243. The third-order valence-electron chi connectivity index (χ3n) is 3.29. The maximum Gasteiger partial charge on any atom is 0.259 e. The minimum Gasteiger partial charge on any atom is -0.452 e. The van der Waals surface area contributed by atoms with Crippen LogP contribution in [0, 0.1) is 0 Å². The standard InChI is InChI=1S/C12H16ClNO5S/c1-18-6-4-14(9-3-7-20(16,17)8-9)12(15)10-2-5-19-11(10)13/h2,5,9H,3-4,6-8H2,1H3. The molecule has 0 aliphatic carbocycles. The summed E-state index contributed by atoms with van der Waals surface area (Å²) >= 11 is 5.81. The Hall–Kier alpha value is -1.05. The van der Waals surface area contributed by atoms with Crippen molar-refractivity contribution < 1.29 is 22.4 Å². The smallest absolute Gasteiger partial charge is 0.259 e. The number of methoxy groups -OCH3 is 1. The molecule has 1 amide bonds. The average Bonchev–Trinajstić information content (AvgIpc) is 2.95. The van der Waals surface area contributed by atoms with Crippen LogP contribution in [0.3, 0.4) is 0 Å². The second kappa shape index (κ2) is 6.15. The third kappa shape index (κ3) is 3.34. The van der Waals surface area contributed by atoms with Gasteiger partial charge in [0.1, 0.15) is 0 Å². The maximum absolute atomic E-state index is 12.5. The molecule has 0 aromatic carbocycles. The van der Waals surface area contributed by atoms with E-state index in [-0.39, 0.29) is 34.2 Å². The van der Waals surface area contributed by atoms with Crippen molar-refractivity contribution in [3.05, 3.63) is 23.1 Å². The zero-order valence-corrected chi connectivity index (χ0v) is 12.6. The molecule has 1 fully saturated rings. The Morgan fingerprint density at radius 2 is 2.35 bits per heavy atom. The van der Waals surface area contributed by atoms with E-state index in [0.29, 0.717) is 19.6 Å². The molecule has 1 unspecified atom stereocenters. The van der Waals surface area contributed by atoms with Gasteiger partial charge in [0.05, 0.1) is 29.9 Å². The normalized spacial score (nSPS) is 21.0. The molecule has 20 heavy (non-hydrogen) atoms. The number of ether oxygens (including phenoxy) is 1. The Morgan fingerprint density at radius 3 is 2.85 bits per heavy atom. The third-order valence-corrected chi connectivity index (χ3v) is 5.34. The number of halogens is 1. The minimum absolute atomic E-state index is 0.0123. The summed E-state index contributed by atoms with van der Waals surface area (Å²) in [6.07, 6.45) is 1.77. The van der Waals surface area contributed by atoms with Crippen LogP contribution in [-0.4, -0.2) is 57.0 Å². The summed E-state index contributed by atoms with van der Waals surface area (Å²) in [5.74, 6) is -0.242. The SMILES string of the molecule is COCCN(C(=O)c1ccoc1Cl)C1CCS(=O)(=O)C1. The molecule has 1 aromatic heterocycles. The summed E-state index contributed by atoms with van der Waals surface area (Å²) < 4.78 is 33.1. The number of sulfone groups is 1. The van der Waals surface area contributed by atoms with Crippen LogP contribution in [0.1, 0.15) is 16.8 Å². The lowest BCUT2D eigenvalue weighted by molar-refractivity contribution is 0.0624. The number of hydrogen-bond acceptors (Lipinski definition) is 5. The highest BCUT2D eigenvalue weighted by Gasteiger charge is 2.35. The number of carbonyl (C=O) groups excluding carboxylic acids is 1. The van der Waals surface area contributed by atoms with Crippen molar-refractivity contribution in [1.82, 2.24) is 4.90 Å². The van der Waals surface area contributed by atoms with Crippen LogP contribution >= 0.6 is 11.6 Å². The zero-order chi connectivity index (χ0) is 14.8. The topological polar surface area (TPSA) is 76.8 Å². The van der Waals surface area contributed by atoms with Gasteiger partial charge in [-0.25, -0.2) is 8.42 Å². The van der Waals surface area contributed by atoms with Crippen molar-refractivity contribution in [2.75, 3.05) is 31.8 Å². The molecule has 0 bridgehead atoms. The van der Waals surface area contributed by atoms with Gasteiger partial charge in [0.2, 0.25) is 5.22 Å². The van der Waals surface area contributed by atoms with Crippen LogP contribution in [0.2, 0.25) is 5.22 Å². The number of nitrogens with zero attached hydrogens (tertiary/aromatic N) is 1. The van der Waals surface area contributed by atoms with Crippen molar-refractivity contribution in [2.45, 2.75) is 12.5 Å². The van der Waals surface area contributed by atoms with Crippen molar-refractivity contribution in [3.8, 4) is 0 Å². The lowest BCUT2D eigenvalue weighted by Crippen LogP contribution is -2.43. The quantitative estimate of drug-likeness (QED) is 0.814. The zero-order valence-electron chi connectivity index (χ0n) is 11.0. The molecule has 0 N–H and O–H groups in total. The van der Waals surface area contributed by atoms with Gasteiger partial charge in [0.25, 0.3) is 5.91 Å². The summed E-state index contributed by atoms with van der Waals surface area (Å²) in [6, 6.07) is 1.14. The van der Waals surface area contributed by atoms with Gasteiger partial charge < -0.3 is 14.1 Å². The van der Waals surface area contributed by atoms with Gasteiger partial charge in [0.15, 0.2) is 9.84 Å². The van der Waals surface area contributed by atoms with E-state index in [1.54, 1.807) is 0 Å². The fourth-order valence-corrected chi connectivity index (χ4v) is 4.19. The predicted octanol–water partition coefficient (Wildman–Crippen LogP) is 1.21. The molecule has 6 nitrogen and oxygen atoms in total. The molecule has 1 aromatic rings. The van der Waals surface area contributed by atoms with E-state index in [0.717, 1.165) is 0 Å². The number of rotatable bonds is 5. The predicted molar refractivity (Wildman–Crippen MR) is 73.7 cm³/mol. The fourth-order valence-electron chi connectivity index (χ4n) is 2.26. The Balaban J connectivity index is 2.20. The molecule has 1 aliphatic rings. The minimum atomic E-state index is -3.07. The van der Waals surface area contributed by atoms with Crippen LogP contribution in [0.15, 0.2) is 16.7 Å². The molecule has 0 radical (unpaired) electrons. The molecule has 0 spiro atoms. The monoisotopic (exact) mass is 321 g/mol. The second-order valence-electron chi connectivity index (χ2n) is 4.66. The van der Waals surface area contributed by atoms with Crippen molar-refractivity contribution in [3.63, 3.8) is 0 Å². The first-order valence-electron chi connectivity index (χ1n) is 6.18. The number of amides is 1. The fraction of sp³-hybridized carbons (Fsp3) is 0.583. The number of hydrogen-bond donors (Lipinski definition) is 0. The van der Waals surface area contributed by atoms with Crippen LogP contribution in [0.4, 0.5) is 0 Å². The molecule has 2 rings (SSSR count). The van der Waals surface area contributed by atoms with Gasteiger partial charge in [-0.15, -0.1) is 0 Å². The van der Waals surface area contributed by atoms with Crippen LogP contribution in [0.25, 0.3) is 0 Å². The summed E-state index contributed by atoms with van der Waals surface area (Å²) in [6.45, 7) is 0.648. The summed E-state index contributed by atoms with van der Waals surface area (Å²) in [4.78, 5) is 14.0. The molecule has 1 saturated heterocycles. The second-order valence-corrected chi connectivity index (χ2v) is 7.23. The Labute approximate surface area is 122 Å². The Morgan fingerprint density at radius 1 is 1.60 bits per heavy atom. The molecule has 8 heteroatoms. The largest absolute Gasteiger partial charge is 0.452 e. The van der Waals surface area contributed by atoms with E-state index in [4.69, 9.17) is 20.8 Å². The van der Waals surface area contributed by atoms with Crippen LogP contribution < -0.4 is 0 Å².